The predicted molar refractivity (Wildman–Crippen MR) is 88.2 cm³/mol. The van der Waals surface area contributed by atoms with Gasteiger partial charge in [0.1, 0.15) is 0 Å². The number of carbonyl (C=O) groups excluding carboxylic acids is 1. The number of amides is 2. The zero-order valence-corrected chi connectivity index (χ0v) is 14.6. The topological polar surface area (TPSA) is 59.4 Å². The molecule has 1 aliphatic carbocycles. The lowest BCUT2D eigenvalue weighted by Crippen LogP contribution is -2.69. The molecular formula is C17H28N4O2. The fourth-order valence-corrected chi connectivity index (χ4v) is 3.82. The van der Waals surface area contributed by atoms with E-state index in [0.29, 0.717) is 6.04 Å². The van der Waals surface area contributed by atoms with Crippen molar-refractivity contribution in [1.29, 1.82) is 0 Å². The number of hydrogen-bond donors (Lipinski definition) is 1. The van der Waals surface area contributed by atoms with Crippen LogP contribution in [0.4, 0.5) is 4.79 Å². The van der Waals surface area contributed by atoms with Gasteiger partial charge < -0.3 is 19.5 Å². The molecule has 1 N–H and O–H groups in total. The smallest absolute Gasteiger partial charge is 0.317 e. The van der Waals surface area contributed by atoms with Crippen molar-refractivity contribution in [2.24, 2.45) is 5.41 Å². The first kappa shape index (κ1) is 16.3. The second kappa shape index (κ2) is 5.82. The molecule has 23 heavy (non-hydrogen) atoms. The van der Waals surface area contributed by atoms with Crippen LogP contribution in [0.2, 0.25) is 0 Å². The molecule has 6 nitrogen and oxygen atoms in total. The number of rotatable bonds is 3. The van der Waals surface area contributed by atoms with Crippen LogP contribution in [0.15, 0.2) is 18.7 Å². The lowest BCUT2D eigenvalue weighted by molar-refractivity contribution is -0.177. The van der Waals surface area contributed by atoms with Crippen LogP contribution in [0.25, 0.3) is 0 Å². The second-order valence-corrected chi connectivity index (χ2v) is 7.59. The minimum Gasteiger partial charge on any atom is -0.378 e. The van der Waals surface area contributed by atoms with Gasteiger partial charge in [-0.3, -0.25) is 0 Å². The van der Waals surface area contributed by atoms with E-state index in [4.69, 9.17) is 4.74 Å². The number of methoxy groups -OCH3 is 1. The van der Waals surface area contributed by atoms with E-state index >= 15 is 0 Å². The fraction of sp³-hybridized carbons (Fsp3) is 0.765. The summed E-state index contributed by atoms with van der Waals surface area (Å²) < 4.78 is 7.78. The summed E-state index contributed by atoms with van der Waals surface area (Å²) in [4.78, 5) is 18.6. The van der Waals surface area contributed by atoms with Gasteiger partial charge in [-0.05, 0) is 26.2 Å². The van der Waals surface area contributed by atoms with Gasteiger partial charge in [-0.15, -0.1) is 0 Å². The zero-order chi connectivity index (χ0) is 16.7. The molecule has 0 radical (unpaired) electrons. The molecule has 2 unspecified atom stereocenters. The average Bonchev–Trinajstić information content (AvgIpc) is 3.08. The molecule has 1 saturated carbocycles. The first-order valence-corrected chi connectivity index (χ1v) is 8.45. The lowest BCUT2D eigenvalue weighted by atomic mass is 9.56. The SMILES string of the molecule is COC1(C)CC(NC(=O)N2CCC(n3ccnc3)CC2)C1(C)C. The summed E-state index contributed by atoms with van der Waals surface area (Å²) in [5.41, 5.74) is -0.202. The van der Waals surface area contributed by atoms with E-state index < -0.39 is 0 Å². The normalized spacial score (nSPS) is 30.8. The Morgan fingerprint density at radius 3 is 2.52 bits per heavy atom. The van der Waals surface area contributed by atoms with E-state index in [1.807, 2.05) is 23.6 Å². The van der Waals surface area contributed by atoms with E-state index in [1.165, 1.54) is 0 Å². The Bertz CT molecular complexity index is 549. The van der Waals surface area contributed by atoms with Gasteiger partial charge in [-0.25, -0.2) is 9.78 Å². The Hall–Kier alpha value is -1.56. The number of aromatic nitrogens is 2. The molecule has 2 amide bonds. The summed E-state index contributed by atoms with van der Waals surface area (Å²) in [6.07, 6.45) is 8.51. The Kier molecular flexibility index (Phi) is 4.12. The number of hydrogen-bond acceptors (Lipinski definition) is 3. The van der Waals surface area contributed by atoms with Crippen molar-refractivity contribution in [3.05, 3.63) is 18.7 Å². The predicted octanol–water partition coefficient (Wildman–Crippen LogP) is 2.43. The number of urea groups is 1. The van der Waals surface area contributed by atoms with Gasteiger partial charge in [0.25, 0.3) is 0 Å². The van der Waals surface area contributed by atoms with Crippen LogP contribution in [0.1, 0.15) is 46.1 Å². The fourth-order valence-electron chi connectivity index (χ4n) is 3.82. The van der Waals surface area contributed by atoms with Crippen molar-refractivity contribution >= 4 is 6.03 Å². The molecule has 1 saturated heterocycles. The number of carbonyl (C=O) groups is 1. The van der Waals surface area contributed by atoms with Gasteiger partial charge in [0.15, 0.2) is 0 Å². The number of nitrogens with zero attached hydrogens (tertiary/aromatic N) is 3. The second-order valence-electron chi connectivity index (χ2n) is 7.59. The summed E-state index contributed by atoms with van der Waals surface area (Å²) in [5, 5.41) is 3.20. The number of imidazole rings is 1. The summed E-state index contributed by atoms with van der Waals surface area (Å²) in [7, 11) is 1.75. The van der Waals surface area contributed by atoms with Gasteiger partial charge in [0.2, 0.25) is 0 Å². The number of likely N-dealkylation sites (tertiary alicyclic amines) is 1. The molecule has 2 fully saturated rings. The summed E-state index contributed by atoms with van der Waals surface area (Å²) in [5.74, 6) is 0. The molecule has 2 atom stereocenters. The van der Waals surface area contributed by atoms with E-state index in [2.05, 4.69) is 35.6 Å². The third kappa shape index (κ3) is 2.73. The number of ether oxygens (including phenoxy) is 1. The molecule has 1 aromatic heterocycles. The number of piperidine rings is 1. The Morgan fingerprint density at radius 2 is 2.00 bits per heavy atom. The summed E-state index contributed by atoms with van der Waals surface area (Å²) in [6.45, 7) is 8.03. The standard InChI is InChI=1S/C17H28N4O2/c1-16(2)14(11-17(16,3)23-4)19-15(22)20-8-5-13(6-9-20)21-10-7-18-12-21/h7,10,12-14H,5-6,8-9,11H2,1-4H3,(H,19,22). The molecule has 2 aliphatic rings. The van der Waals surface area contributed by atoms with Crippen molar-refractivity contribution in [2.45, 2.75) is 57.7 Å². The molecule has 0 spiro atoms. The summed E-state index contributed by atoms with van der Waals surface area (Å²) in [6, 6.07) is 0.690. The van der Waals surface area contributed by atoms with Crippen LogP contribution in [0.3, 0.4) is 0 Å². The molecule has 1 aliphatic heterocycles. The summed E-state index contributed by atoms with van der Waals surface area (Å²) >= 11 is 0. The molecule has 0 bridgehead atoms. The molecule has 0 aromatic carbocycles. The quantitative estimate of drug-likeness (QED) is 0.930. The molecule has 128 valence electrons. The van der Waals surface area contributed by atoms with Crippen LogP contribution in [-0.2, 0) is 4.74 Å². The van der Waals surface area contributed by atoms with E-state index in [0.717, 1.165) is 32.4 Å². The van der Waals surface area contributed by atoms with Crippen LogP contribution < -0.4 is 5.32 Å². The van der Waals surface area contributed by atoms with Crippen LogP contribution in [0.5, 0.6) is 0 Å². The van der Waals surface area contributed by atoms with Crippen molar-refractivity contribution in [3.63, 3.8) is 0 Å². The molecular weight excluding hydrogens is 292 g/mol. The van der Waals surface area contributed by atoms with E-state index in [1.54, 1.807) is 7.11 Å². The monoisotopic (exact) mass is 320 g/mol. The van der Waals surface area contributed by atoms with Crippen molar-refractivity contribution in [1.82, 2.24) is 19.8 Å². The highest BCUT2D eigenvalue weighted by atomic mass is 16.5. The van der Waals surface area contributed by atoms with E-state index in [-0.39, 0.29) is 23.1 Å². The molecule has 1 aromatic rings. The molecule has 2 heterocycles. The lowest BCUT2D eigenvalue weighted by Gasteiger charge is -2.59. The van der Waals surface area contributed by atoms with Crippen LogP contribution in [-0.4, -0.2) is 52.3 Å². The Labute approximate surface area is 138 Å². The number of nitrogens with one attached hydrogen (secondary N) is 1. The first-order valence-electron chi connectivity index (χ1n) is 8.45. The maximum Gasteiger partial charge on any atom is 0.317 e. The minimum absolute atomic E-state index is 0.0491. The van der Waals surface area contributed by atoms with Crippen molar-refractivity contribution < 1.29 is 9.53 Å². The molecule has 3 rings (SSSR count). The van der Waals surface area contributed by atoms with Crippen LogP contribution in [0, 0.1) is 5.41 Å². The maximum absolute atomic E-state index is 12.5. The van der Waals surface area contributed by atoms with Crippen molar-refractivity contribution in [3.8, 4) is 0 Å². The third-order valence-electron chi connectivity index (χ3n) is 6.27. The largest absolute Gasteiger partial charge is 0.378 e. The van der Waals surface area contributed by atoms with Crippen molar-refractivity contribution in [2.75, 3.05) is 20.2 Å². The third-order valence-corrected chi connectivity index (χ3v) is 6.27. The van der Waals surface area contributed by atoms with E-state index in [9.17, 15) is 4.79 Å². The van der Waals surface area contributed by atoms with Crippen LogP contribution >= 0.6 is 0 Å². The van der Waals surface area contributed by atoms with Gasteiger partial charge in [-0.2, -0.15) is 0 Å². The van der Waals surface area contributed by atoms with Gasteiger partial charge in [-0.1, -0.05) is 13.8 Å². The highest BCUT2D eigenvalue weighted by Gasteiger charge is 2.58. The van der Waals surface area contributed by atoms with Gasteiger partial charge >= 0.3 is 6.03 Å². The highest BCUT2D eigenvalue weighted by Crippen LogP contribution is 2.51. The molecule has 6 heteroatoms. The zero-order valence-electron chi connectivity index (χ0n) is 14.6. The Morgan fingerprint density at radius 1 is 1.30 bits per heavy atom. The highest BCUT2D eigenvalue weighted by molar-refractivity contribution is 5.75. The minimum atomic E-state index is -0.153. The average molecular weight is 320 g/mol. The van der Waals surface area contributed by atoms with Gasteiger partial charge in [0, 0.05) is 50.1 Å². The van der Waals surface area contributed by atoms with Gasteiger partial charge in [0.05, 0.1) is 11.9 Å². The first-order chi connectivity index (χ1) is 10.9. The maximum atomic E-state index is 12.5. The Balaban J connectivity index is 1.51.